The Kier molecular flexibility index (Phi) is 9.50. The summed E-state index contributed by atoms with van der Waals surface area (Å²) in [6.07, 6.45) is 3.46. The summed E-state index contributed by atoms with van der Waals surface area (Å²) in [6, 6.07) is 19.3. The molecule has 1 atom stereocenters. The van der Waals surface area contributed by atoms with Crippen molar-refractivity contribution in [3.8, 4) is 11.5 Å². The number of carbonyl (C=O) groups is 1. The maximum atomic E-state index is 13.9. The number of carbonyl (C=O) groups excluding carboxylic acids is 1. The molecule has 0 saturated heterocycles. The largest absolute Gasteiger partial charge is 0.490 e. The first-order valence-electron chi connectivity index (χ1n) is 13.5. The van der Waals surface area contributed by atoms with Gasteiger partial charge in [-0.25, -0.2) is 9.79 Å². The number of allylic oxidation sites excluding steroid dienone is 1. The second-order valence-electron chi connectivity index (χ2n) is 9.58. The molecular formula is C33H28Cl2N2O5S. The number of thiazole rings is 1. The number of aromatic nitrogens is 1. The van der Waals surface area contributed by atoms with E-state index in [0.717, 1.165) is 16.7 Å². The molecule has 0 fully saturated rings. The zero-order chi connectivity index (χ0) is 30.5. The molecule has 0 amide bonds. The topological polar surface area (TPSA) is 79.1 Å². The van der Waals surface area contributed by atoms with Crippen molar-refractivity contribution in [1.82, 2.24) is 4.57 Å². The summed E-state index contributed by atoms with van der Waals surface area (Å²) >= 11 is 13.4. The van der Waals surface area contributed by atoms with Crippen molar-refractivity contribution in [2.45, 2.75) is 26.5 Å². The van der Waals surface area contributed by atoms with Crippen molar-refractivity contribution < 1.29 is 19.0 Å². The Morgan fingerprint density at radius 2 is 1.84 bits per heavy atom. The van der Waals surface area contributed by atoms with E-state index < -0.39 is 12.0 Å². The van der Waals surface area contributed by atoms with Crippen LogP contribution in [-0.4, -0.2) is 23.8 Å². The Bertz CT molecular complexity index is 1890. The Hall–Kier alpha value is -4.11. The van der Waals surface area contributed by atoms with Gasteiger partial charge in [0.1, 0.15) is 24.7 Å². The SMILES string of the molecule is C=CCOc1ccc([C@@H]2C(C(=O)OCC)=C(C)N=c3s/c(=C/c4cccc(OCc5ccc(Cl)c(Cl)c5)c4)c(=O)n32)cc1. The summed E-state index contributed by atoms with van der Waals surface area (Å²) in [5, 5.41) is 0.943. The fourth-order valence-electron chi connectivity index (χ4n) is 4.65. The monoisotopic (exact) mass is 634 g/mol. The van der Waals surface area contributed by atoms with E-state index in [9.17, 15) is 9.59 Å². The van der Waals surface area contributed by atoms with Gasteiger partial charge in [-0.15, -0.1) is 0 Å². The molecule has 43 heavy (non-hydrogen) atoms. The second-order valence-corrected chi connectivity index (χ2v) is 11.4. The number of halogens is 2. The minimum atomic E-state index is -0.716. The van der Waals surface area contributed by atoms with E-state index in [-0.39, 0.29) is 12.2 Å². The Morgan fingerprint density at radius 1 is 1.05 bits per heavy atom. The van der Waals surface area contributed by atoms with Crippen molar-refractivity contribution in [2.75, 3.05) is 13.2 Å². The lowest BCUT2D eigenvalue weighted by Crippen LogP contribution is -2.39. The maximum absolute atomic E-state index is 13.9. The zero-order valence-corrected chi connectivity index (χ0v) is 25.8. The molecule has 0 saturated carbocycles. The highest BCUT2D eigenvalue weighted by Gasteiger charge is 2.33. The van der Waals surface area contributed by atoms with Crippen molar-refractivity contribution >= 4 is 46.6 Å². The normalized spacial score (nSPS) is 14.6. The minimum absolute atomic E-state index is 0.199. The highest BCUT2D eigenvalue weighted by Crippen LogP contribution is 2.32. The molecule has 1 aromatic heterocycles. The summed E-state index contributed by atoms with van der Waals surface area (Å²) < 4.78 is 19.0. The zero-order valence-electron chi connectivity index (χ0n) is 23.5. The second kappa shape index (κ2) is 13.5. The minimum Gasteiger partial charge on any atom is -0.490 e. The van der Waals surface area contributed by atoms with E-state index in [1.54, 1.807) is 54.8 Å². The average Bonchev–Trinajstić information content (AvgIpc) is 3.30. The Morgan fingerprint density at radius 3 is 2.56 bits per heavy atom. The summed E-state index contributed by atoms with van der Waals surface area (Å²) in [6.45, 7) is 8.04. The molecule has 2 heterocycles. The molecular weight excluding hydrogens is 607 g/mol. The van der Waals surface area contributed by atoms with Crippen molar-refractivity contribution in [2.24, 2.45) is 4.99 Å². The summed E-state index contributed by atoms with van der Waals surface area (Å²) in [4.78, 5) is 32.2. The lowest BCUT2D eigenvalue weighted by Gasteiger charge is -2.24. The van der Waals surface area contributed by atoms with Gasteiger partial charge in [-0.05, 0) is 73.0 Å². The number of rotatable bonds is 10. The molecule has 0 unspecified atom stereocenters. The number of ether oxygens (including phenoxy) is 3. The predicted molar refractivity (Wildman–Crippen MR) is 170 cm³/mol. The van der Waals surface area contributed by atoms with Gasteiger partial charge in [0.05, 0.1) is 38.5 Å². The fraction of sp³-hybridized carbons (Fsp3) is 0.182. The average molecular weight is 636 g/mol. The predicted octanol–water partition coefficient (Wildman–Crippen LogP) is 6.25. The first kappa shape index (κ1) is 30.4. The van der Waals surface area contributed by atoms with Gasteiger partial charge in [0.2, 0.25) is 0 Å². The number of benzene rings is 3. The molecule has 5 rings (SSSR count). The van der Waals surface area contributed by atoms with Crippen LogP contribution >= 0.6 is 34.5 Å². The number of nitrogens with zero attached hydrogens (tertiary/aromatic N) is 2. The molecule has 0 radical (unpaired) electrons. The highest BCUT2D eigenvalue weighted by atomic mass is 35.5. The molecule has 0 aliphatic carbocycles. The van der Waals surface area contributed by atoms with E-state index in [0.29, 0.717) is 55.4 Å². The Labute approximate surface area is 262 Å². The van der Waals surface area contributed by atoms with Gasteiger partial charge in [-0.1, -0.05) is 77.5 Å². The van der Waals surface area contributed by atoms with E-state index in [2.05, 4.69) is 11.6 Å². The van der Waals surface area contributed by atoms with Gasteiger partial charge < -0.3 is 14.2 Å². The van der Waals surface area contributed by atoms with E-state index in [1.807, 2.05) is 42.5 Å². The molecule has 1 aliphatic heterocycles. The Balaban J connectivity index is 1.51. The van der Waals surface area contributed by atoms with E-state index in [1.165, 1.54) is 11.3 Å². The molecule has 3 aromatic carbocycles. The molecule has 0 bridgehead atoms. The number of hydrogen-bond acceptors (Lipinski definition) is 7. The van der Waals surface area contributed by atoms with Crippen LogP contribution in [0.5, 0.6) is 11.5 Å². The first-order valence-corrected chi connectivity index (χ1v) is 15.1. The first-order chi connectivity index (χ1) is 20.8. The lowest BCUT2D eigenvalue weighted by atomic mass is 9.96. The summed E-state index contributed by atoms with van der Waals surface area (Å²) in [7, 11) is 0. The third kappa shape index (κ3) is 6.77. The summed E-state index contributed by atoms with van der Waals surface area (Å²) in [5.74, 6) is 0.766. The third-order valence-corrected chi connectivity index (χ3v) is 8.35. The van der Waals surface area contributed by atoms with Crippen molar-refractivity contribution in [3.05, 3.63) is 137 Å². The standard InChI is InChI=1S/C33H28Cl2N2O5S/c1-4-15-41-24-12-10-23(11-13-24)30-29(32(39)40-5-2)20(3)36-33-37(30)31(38)28(43-33)18-21-7-6-8-25(16-21)42-19-22-9-14-26(34)27(35)17-22/h4,6-14,16-18,30H,1,5,15,19H2,2-3H3/b28-18+/t30-/m1/s1. The molecule has 1 aliphatic rings. The molecule has 0 spiro atoms. The van der Waals surface area contributed by atoms with E-state index in [4.69, 9.17) is 37.4 Å². The van der Waals surface area contributed by atoms with Gasteiger partial charge in [0, 0.05) is 0 Å². The van der Waals surface area contributed by atoms with E-state index >= 15 is 0 Å². The van der Waals surface area contributed by atoms with Crippen LogP contribution in [-0.2, 0) is 16.1 Å². The van der Waals surface area contributed by atoms with Crippen LogP contribution in [0.4, 0.5) is 0 Å². The van der Waals surface area contributed by atoms with Crippen molar-refractivity contribution in [3.63, 3.8) is 0 Å². The highest BCUT2D eigenvalue weighted by molar-refractivity contribution is 7.07. The maximum Gasteiger partial charge on any atom is 0.338 e. The van der Waals surface area contributed by atoms with Crippen LogP contribution in [0.1, 0.15) is 36.6 Å². The quantitative estimate of drug-likeness (QED) is 0.152. The number of esters is 1. The van der Waals surface area contributed by atoms with Crippen LogP contribution in [0.2, 0.25) is 10.0 Å². The molecule has 4 aromatic rings. The van der Waals surface area contributed by atoms with Gasteiger partial charge in [0.25, 0.3) is 5.56 Å². The smallest absolute Gasteiger partial charge is 0.338 e. The van der Waals surface area contributed by atoms with Crippen LogP contribution in [0.15, 0.2) is 100 Å². The molecule has 10 heteroatoms. The molecule has 7 nitrogen and oxygen atoms in total. The van der Waals surface area contributed by atoms with Gasteiger partial charge in [-0.2, -0.15) is 0 Å². The number of fused-ring (bicyclic) bond motifs is 1. The van der Waals surface area contributed by atoms with Crippen molar-refractivity contribution in [1.29, 1.82) is 0 Å². The van der Waals surface area contributed by atoms with Crippen LogP contribution in [0, 0.1) is 0 Å². The van der Waals surface area contributed by atoms with Crippen LogP contribution in [0.25, 0.3) is 6.08 Å². The lowest BCUT2D eigenvalue weighted by molar-refractivity contribution is -0.139. The third-order valence-electron chi connectivity index (χ3n) is 6.63. The van der Waals surface area contributed by atoms with Crippen LogP contribution in [0.3, 0.4) is 0 Å². The molecule has 220 valence electrons. The number of hydrogen-bond donors (Lipinski definition) is 0. The van der Waals surface area contributed by atoms with Gasteiger partial charge in [-0.3, -0.25) is 9.36 Å². The van der Waals surface area contributed by atoms with Gasteiger partial charge >= 0.3 is 5.97 Å². The van der Waals surface area contributed by atoms with Gasteiger partial charge in [0.15, 0.2) is 4.80 Å². The summed E-state index contributed by atoms with van der Waals surface area (Å²) in [5.41, 5.74) is 2.93. The molecule has 0 N–H and O–H groups in total. The fourth-order valence-corrected chi connectivity index (χ4v) is 6.02. The van der Waals surface area contributed by atoms with Crippen LogP contribution < -0.4 is 24.4 Å².